The summed E-state index contributed by atoms with van der Waals surface area (Å²) in [6, 6.07) is 9.48. The zero-order valence-corrected chi connectivity index (χ0v) is 9.95. The zero-order valence-electron chi connectivity index (χ0n) is 9.95. The van der Waals surface area contributed by atoms with Gasteiger partial charge in [-0.05, 0) is 35.9 Å². The van der Waals surface area contributed by atoms with E-state index in [1.165, 1.54) is 21.2 Å². The van der Waals surface area contributed by atoms with Crippen LogP contribution in [-0.4, -0.2) is 14.2 Å². The molecule has 6 heteroatoms. The minimum absolute atomic E-state index is 0.183. The monoisotopic (exact) mass is 258 g/mol. The van der Waals surface area contributed by atoms with Gasteiger partial charge in [0.25, 0.3) is 0 Å². The van der Waals surface area contributed by atoms with Crippen LogP contribution in [0.15, 0.2) is 47.4 Å². The molecule has 0 spiro atoms. The molecule has 3 rings (SSSR count). The fourth-order valence-corrected chi connectivity index (χ4v) is 2.01. The van der Waals surface area contributed by atoms with Crippen molar-refractivity contribution in [1.29, 1.82) is 0 Å². The van der Waals surface area contributed by atoms with Crippen molar-refractivity contribution in [2.45, 2.75) is 6.54 Å². The van der Waals surface area contributed by atoms with Crippen LogP contribution in [0.25, 0.3) is 5.65 Å². The van der Waals surface area contributed by atoms with Gasteiger partial charge in [0.15, 0.2) is 5.65 Å². The molecule has 3 aromatic rings. The van der Waals surface area contributed by atoms with Crippen LogP contribution in [0, 0.1) is 5.82 Å². The van der Waals surface area contributed by atoms with Gasteiger partial charge in [-0.15, -0.1) is 5.10 Å². The normalized spacial score (nSPS) is 11.0. The van der Waals surface area contributed by atoms with Crippen molar-refractivity contribution in [2.24, 2.45) is 0 Å². The number of nitrogen functional groups attached to an aromatic ring is 1. The van der Waals surface area contributed by atoms with Crippen molar-refractivity contribution in [3.05, 3.63) is 64.5 Å². The molecule has 2 N–H and O–H groups in total. The Morgan fingerprint density at radius 1 is 1.26 bits per heavy atom. The van der Waals surface area contributed by atoms with Gasteiger partial charge in [-0.1, -0.05) is 6.07 Å². The van der Waals surface area contributed by atoms with Crippen LogP contribution in [0.5, 0.6) is 0 Å². The number of benzene rings is 1. The van der Waals surface area contributed by atoms with Gasteiger partial charge in [-0.2, -0.15) is 0 Å². The van der Waals surface area contributed by atoms with E-state index in [0.717, 1.165) is 0 Å². The van der Waals surface area contributed by atoms with Gasteiger partial charge in [0.1, 0.15) is 5.82 Å². The SMILES string of the molecule is Nc1cc(F)cc(Cn2nc3ccccn3c2=O)c1. The molecule has 0 aliphatic rings. The molecule has 0 aliphatic heterocycles. The number of fused-ring (bicyclic) bond motifs is 1. The summed E-state index contributed by atoms with van der Waals surface area (Å²) < 4.78 is 16.0. The molecule has 0 bridgehead atoms. The van der Waals surface area contributed by atoms with Crippen LogP contribution in [-0.2, 0) is 6.54 Å². The third-order valence-electron chi connectivity index (χ3n) is 2.80. The number of hydrogen-bond donors (Lipinski definition) is 1. The van der Waals surface area contributed by atoms with Gasteiger partial charge in [0.05, 0.1) is 6.54 Å². The second kappa shape index (κ2) is 4.24. The van der Waals surface area contributed by atoms with E-state index < -0.39 is 5.82 Å². The van der Waals surface area contributed by atoms with Crippen molar-refractivity contribution in [3.63, 3.8) is 0 Å². The molecule has 0 fully saturated rings. The minimum Gasteiger partial charge on any atom is -0.399 e. The fourth-order valence-electron chi connectivity index (χ4n) is 2.01. The van der Waals surface area contributed by atoms with Gasteiger partial charge in [0, 0.05) is 11.9 Å². The van der Waals surface area contributed by atoms with Gasteiger partial charge < -0.3 is 5.73 Å². The first-order valence-corrected chi connectivity index (χ1v) is 5.72. The fraction of sp³-hybridized carbons (Fsp3) is 0.0769. The molecule has 19 heavy (non-hydrogen) atoms. The number of nitrogens with two attached hydrogens (primary N) is 1. The van der Waals surface area contributed by atoms with E-state index in [-0.39, 0.29) is 12.2 Å². The third-order valence-corrected chi connectivity index (χ3v) is 2.80. The van der Waals surface area contributed by atoms with Crippen LogP contribution in [0.3, 0.4) is 0 Å². The van der Waals surface area contributed by atoms with E-state index in [4.69, 9.17) is 5.73 Å². The zero-order chi connectivity index (χ0) is 13.4. The van der Waals surface area contributed by atoms with Crippen LogP contribution in [0.2, 0.25) is 0 Å². The Labute approximate surface area is 107 Å². The first kappa shape index (κ1) is 11.5. The standard InChI is InChI=1S/C13H11FN4O/c14-10-5-9(6-11(15)7-10)8-18-13(19)17-4-2-1-3-12(17)16-18/h1-7H,8,15H2. The lowest BCUT2D eigenvalue weighted by Crippen LogP contribution is -2.21. The van der Waals surface area contributed by atoms with Crippen LogP contribution in [0.1, 0.15) is 5.56 Å². The van der Waals surface area contributed by atoms with Crippen molar-refractivity contribution >= 4 is 11.3 Å². The third kappa shape index (κ3) is 2.08. The summed E-state index contributed by atoms with van der Waals surface area (Å²) in [6.45, 7) is 0.183. The summed E-state index contributed by atoms with van der Waals surface area (Å²) in [4.78, 5) is 12.0. The van der Waals surface area contributed by atoms with Crippen molar-refractivity contribution in [3.8, 4) is 0 Å². The van der Waals surface area contributed by atoms with Crippen molar-refractivity contribution in [1.82, 2.24) is 14.2 Å². The molecule has 5 nitrogen and oxygen atoms in total. The number of rotatable bonds is 2. The smallest absolute Gasteiger partial charge is 0.350 e. The highest BCUT2D eigenvalue weighted by Gasteiger charge is 2.07. The maximum atomic E-state index is 13.2. The summed E-state index contributed by atoms with van der Waals surface area (Å²) in [5, 5.41) is 4.17. The Morgan fingerprint density at radius 3 is 2.84 bits per heavy atom. The topological polar surface area (TPSA) is 65.3 Å². The minimum atomic E-state index is -0.424. The first-order chi connectivity index (χ1) is 9.13. The predicted molar refractivity (Wildman–Crippen MR) is 69.4 cm³/mol. The second-order valence-electron chi connectivity index (χ2n) is 4.26. The van der Waals surface area contributed by atoms with E-state index in [2.05, 4.69) is 5.10 Å². The molecule has 2 heterocycles. The Balaban J connectivity index is 2.06. The highest BCUT2D eigenvalue weighted by atomic mass is 19.1. The van der Waals surface area contributed by atoms with Crippen molar-refractivity contribution in [2.75, 3.05) is 5.73 Å². The van der Waals surface area contributed by atoms with E-state index in [0.29, 0.717) is 16.9 Å². The molecule has 0 atom stereocenters. The number of halogens is 1. The van der Waals surface area contributed by atoms with E-state index in [1.54, 1.807) is 30.5 Å². The summed E-state index contributed by atoms with van der Waals surface area (Å²) >= 11 is 0. The van der Waals surface area contributed by atoms with Crippen molar-refractivity contribution < 1.29 is 4.39 Å². The molecular formula is C13H11FN4O. The van der Waals surface area contributed by atoms with Crippen LogP contribution < -0.4 is 11.4 Å². The quantitative estimate of drug-likeness (QED) is 0.704. The molecule has 0 saturated carbocycles. The average molecular weight is 258 g/mol. The summed E-state index contributed by atoms with van der Waals surface area (Å²) in [5.41, 5.74) is 6.79. The Bertz CT molecular complexity index is 786. The molecular weight excluding hydrogens is 247 g/mol. The molecule has 96 valence electrons. The molecule has 0 aliphatic carbocycles. The van der Waals surface area contributed by atoms with Gasteiger partial charge >= 0.3 is 5.69 Å². The van der Waals surface area contributed by atoms with E-state index >= 15 is 0 Å². The maximum absolute atomic E-state index is 13.2. The van der Waals surface area contributed by atoms with E-state index in [1.807, 2.05) is 0 Å². The number of pyridine rings is 1. The maximum Gasteiger partial charge on any atom is 0.350 e. The molecule has 1 aromatic carbocycles. The lowest BCUT2D eigenvalue weighted by Gasteiger charge is -2.02. The number of aromatic nitrogens is 3. The lowest BCUT2D eigenvalue weighted by atomic mass is 10.2. The Kier molecular flexibility index (Phi) is 2.56. The average Bonchev–Trinajstić information content (AvgIpc) is 2.66. The predicted octanol–water partition coefficient (Wildman–Crippen LogP) is 1.27. The number of hydrogen-bond acceptors (Lipinski definition) is 3. The first-order valence-electron chi connectivity index (χ1n) is 5.72. The van der Waals surface area contributed by atoms with E-state index in [9.17, 15) is 9.18 Å². The molecule has 0 saturated heterocycles. The Morgan fingerprint density at radius 2 is 2.11 bits per heavy atom. The van der Waals surface area contributed by atoms with Crippen LogP contribution in [0.4, 0.5) is 10.1 Å². The molecule has 0 amide bonds. The lowest BCUT2D eigenvalue weighted by molar-refractivity contribution is 0.616. The summed E-state index contributed by atoms with van der Waals surface area (Å²) in [6.07, 6.45) is 1.64. The van der Waals surface area contributed by atoms with Gasteiger partial charge in [-0.25, -0.2) is 13.9 Å². The number of anilines is 1. The van der Waals surface area contributed by atoms with Crippen LogP contribution >= 0.6 is 0 Å². The second-order valence-corrected chi connectivity index (χ2v) is 4.26. The molecule has 0 radical (unpaired) electrons. The summed E-state index contributed by atoms with van der Waals surface area (Å²) in [7, 11) is 0. The Hall–Kier alpha value is -2.63. The number of nitrogens with zero attached hydrogens (tertiary/aromatic N) is 3. The highest BCUT2D eigenvalue weighted by Crippen LogP contribution is 2.11. The highest BCUT2D eigenvalue weighted by molar-refractivity contribution is 5.41. The van der Waals surface area contributed by atoms with Gasteiger partial charge in [0.2, 0.25) is 0 Å². The largest absolute Gasteiger partial charge is 0.399 e. The molecule has 2 aromatic heterocycles. The summed E-state index contributed by atoms with van der Waals surface area (Å²) in [5.74, 6) is -0.424. The molecule has 0 unspecified atom stereocenters. The van der Waals surface area contributed by atoms with Gasteiger partial charge in [-0.3, -0.25) is 4.40 Å².